The molecule has 0 atom stereocenters. The molecule has 0 fully saturated rings. The first-order chi connectivity index (χ1) is 8.15. The van der Waals surface area contributed by atoms with Gasteiger partial charge in [-0.05, 0) is 18.2 Å². The van der Waals surface area contributed by atoms with Gasteiger partial charge in [0.2, 0.25) is 0 Å². The molecule has 0 spiro atoms. The van der Waals surface area contributed by atoms with Crippen molar-refractivity contribution in [2.75, 3.05) is 0 Å². The number of rotatable bonds is 0. The highest BCUT2D eigenvalue weighted by atomic mass is 35.5. The highest BCUT2D eigenvalue weighted by molar-refractivity contribution is 6.36. The van der Waals surface area contributed by atoms with Gasteiger partial charge in [0.1, 0.15) is 10.7 Å². The third-order valence-corrected chi connectivity index (χ3v) is 2.64. The van der Waals surface area contributed by atoms with Crippen LogP contribution in [0.1, 0.15) is 0 Å². The number of carbonyl (C=O) groups excluding carboxylic acids is 2. The van der Waals surface area contributed by atoms with E-state index in [1.807, 2.05) is 0 Å². The molecule has 0 aliphatic carbocycles. The number of carbonyl (C=O) groups is 2. The lowest BCUT2D eigenvalue weighted by atomic mass is 10.2. The third-order valence-electron chi connectivity index (χ3n) is 2.40. The van der Waals surface area contributed by atoms with Crippen molar-refractivity contribution in [3.05, 3.63) is 40.1 Å². The SMILES string of the molecule is O=C1N=c2cnc3ccc(Cl)cc3c2=NC1=O. The Morgan fingerprint density at radius 3 is 2.65 bits per heavy atom. The lowest BCUT2D eigenvalue weighted by Crippen LogP contribution is -2.35. The van der Waals surface area contributed by atoms with Gasteiger partial charge in [-0.1, -0.05) is 11.6 Å². The predicted octanol–water partition coefficient (Wildman–Crippen LogP) is 0.194. The van der Waals surface area contributed by atoms with Crippen molar-refractivity contribution in [2.24, 2.45) is 9.98 Å². The van der Waals surface area contributed by atoms with Crippen LogP contribution in [0.2, 0.25) is 5.02 Å². The molecule has 2 heterocycles. The molecule has 2 aromatic rings. The van der Waals surface area contributed by atoms with Crippen molar-refractivity contribution in [1.82, 2.24) is 4.98 Å². The second-order valence-corrected chi connectivity index (χ2v) is 3.92. The maximum atomic E-state index is 11.2. The topological polar surface area (TPSA) is 71.8 Å². The van der Waals surface area contributed by atoms with Crippen LogP contribution < -0.4 is 10.7 Å². The van der Waals surface area contributed by atoms with Crippen LogP contribution in [-0.2, 0) is 9.59 Å². The molecule has 17 heavy (non-hydrogen) atoms. The first-order valence-electron chi connectivity index (χ1n) is 4.75. The van der Waals surface area contributed by atoms with Crippen molar-refractivity contribution in [2.45, 2.75) is 0 Å². The summed E-state index contributed by atoms with van der Waals surface area (Å²) in [5.74, 6) is -1.74. The van der Waals surface area contributed by atoms with Gasteiger partial charge in [-0.25, -0.2) is 9.98 Å². The molecule has 3 rings (SSSR count). The first kappa shape index (κ1) is 10.0. The number of fused-ring (bicyclic) bond motifs is 3. The Balaban J connectivity index is 2.57. The van der Waals surface area contributed by atoms with Crippen LogP contribution in [0.25, 0.3) is 10.9 Å². The van der Waals surface area contributed by atoms with E-state index < -0.39 is 11.8 Å². The summed E-state index contributed by atoms with van der Waals surface area (Å²) in [5, 5.41) is 1.76. The second kappa shape index (κ2) is 3.43. The average Bonchev–Trinajstić information content (AvgIpc) is 2.31. The van der Waals surface area contributed by atoms with E-state index in [1.54, 1.807) is 18.2 Å². The van der Waals surface area contributed by atoms with Crippen molar-refractivity contribution < 1.29 is 9.59 Å². The molecule has 1 aromatic heterocycles. The zero-order chi connectivity index (χ0) is 12.0. The number of hydrogen-bond acceptors (Lipinski definition) is 3. The van der Waals surface area contributed by atoms with E-state index in [2.05, 4.69) is 15.0 Å². The lowest BCUT2D eigenvalue weighted by Gasteiger charge is -2.01. The summed E-state index contributed by atoms with van der Waals surface area (Å²) in [7, 11) is 0. The Hall–Kier alpha value is -2.14. The van der Waals surface area contributed by atoms with Crippen LogP contribution in [-0.4, -0.2) is 16.8 Å². The molecular weight excluding hydrogens is 242 g/mol. The van der Waals surface area contributed by atoms with Crippen LogP contribution in [0.4, 0.5) is 0 Å². The fraction of sp³-hybridized carbons (Fsp3) is 0. The highest BCUT2D eigenvalue weighted by Gasteiger charge is 2.16. The predicted molar refractivity (Wildman–Crippen MR) is 59.1 cm³/mol. The van der Waals surface area contributed by atoms with E-state index in [0.29, 0.717) is 26.6 Å². The summed E-state index contributed by atoms with van der Waals surface area (Å²) in [6.45, 7) is 0. The van der Waals surface area contributed by atoms with E-state index in [9.17, 15) is 9.59 Å². The minimum atomic E-state index is -0.874. The highest BCUT2D eigenvalue weighted by Crippen LogP contribution is 2.13. The van der Waals surface area contributed by atoms with Crippen LogP contribution in [0.5, 0.6) is 0 Å². The molecule has 1 aromatic carbocycles. The largest absolute Gasteiger partial charge is 0.338 e. The van der Waals surface area contributed by atoms with Crippen molar-refractivity contribution in [3.8, 4) is 0 Å². The molecule has 2 amide bonds. The molecule has 0 saturated carbocycles. The van der Waals surface area contributed by atoms with Gasteiger partial charge in [0.15, 0.2) is 0 Å². The molecular formula is C11H4ClN3O2. The van der Waals surface area contributed by atoms with E-state index >= 15 is 0 Å². The van der Waals surface area contributed by atoms with Gasteiger partial charge in [0.25, 0.3) is 0 Å². The Morgan fingerprint density at radius 2 is 1.82 bits per heavy atom. The maximum absolute atomic E-state index is 11.2. The Morgan fingerprint density at radius 1 is 1.06 bits per heavy atom. The number of halogens is 1. The van der Waals surface area contributed by atoms with E-state index in [0.717, 1.165) is 0 Å². The number of benzene rings is 1. The van der Waals surface area contributed by atoms with Gasteiger partial charge in [-0.15, -0.1) is 0 Å². The minimum absolute atomic E-state index is 0.296. The second-order valence-electron chi connectivity index (χ2n) is 3.49. The molecule has 6 heteroatoms. The van der Waals surface area contributed by atoms with Crippen LogP contribution in [0, 0.1) is 0 Å². The third kappa shape index (κ3) is 1.52. The molecule has 0 N–H and O–H groups in total. The van der Waals surface area contributed by atoms with Crippen molar-refractivity contribution in [3.63, 3.8) is 0 Å². The van der Waals surface area contributed by atoms with Gasteiger partial charge in [-0.3, -0.25) is 14.6 Å². The average molecular weight is 246 g/mol. The molecule has 0 bridgehead atoms. The summed E-state index contributed by atoms with van der Waals surface area (Å²) < 4.78 is 0. The van der Waals surface area contributed by atoms with Gasteiger partial charge < -0.3 is 0 Å². The number of aromatic nitrogens is 1. The Kier molecular flexibility index (Phi) is 2.02. The minimum Gasteiger partial charge on any atom is -0.261 e. The van der Waals surface area contributed by atoms with Gasteiger partial charge in [0.05, 0.1) is 11.7 Å². The zero-order valence-corrected chi connectivity index (χ0v) is 9.10. The van der Waals surface area contributed by atoms with Gasteiger partial charge >= 0.3 is 11.8 Å². The standard InChI is InChI=1S/C11H4ClN3O2/c12-5-1-2-7-6(3-5)9-8(4-13-7)14-10(16)11(17)15-9/h1-4H. The van der Waals surface area contributed by atoms with Crippen molar-refractivity contribution >= 4 is 34.3 Å². The van der Waals surface area contributed by atoms with E-state index in [-0.39, 0.29) is 0 Å². The smallest absolute Gasteiger partial charge is 0.261 e. The molecule has 1 aliphatic heterocycles. The van der Waals surface area contributed by atoms with Gasteiger partial charge in [-0.2, -0.15) is 0 Å². The normalized spacial score (nSPS) is 14.2. The summed E-state index contributed by atoms with van der Waals surface area (Å²) in [5.41, 5.74) is 0.647. The number of hydrogen-bond donors (Lipinski definition) is 0. The number of amides is 2. The summed E-state index contributed by atoms with van der Waals surface area (Å²) in [4.78, 5) is 33.8. The number of nitrogens with zero attached hydrogens (tertiary/aromatic N) is 3. The van der Waals surface area contributed by atoms with Gasteiger partial charge in [0, 0.05) is 10.4 Å². The fourth-order valence-electron chi connectivity index (χ4n) is 1.65. The van der Waals surface area contributed by atoms with Crippen LogP contribution >= 0.6 is 11.6 Å². The Labute approximate surface area is 99.5 Å². The summed E-state index contributed by atoms with van der Waals surface area (Å²) in [6, 6.07) is 5.05. The molecule has 82 valence electrons. The Bertz CT molecular complexity index is 798. The van der Waals surface area contributed by atoms with Crippen LogP contribution in [0.3, 0.4) is 0 Å². The summed E-state index contributed by atoms with van der Waals surface area (Å²) in [6.07, 6.45) is 1.42. The summed E-state index contributed by atoms with van der Waals surface area (Å²) >= 11 is 5.87. The van der Waals surface area contributed by atoms with E-state index in [4.69, 9.17) is 11.6 Å². The quantitative estimate of drug-likeness (QED) is 0.622. The monoisotopic (exact) mass is 245 g/mol. The van der Waals surface area contributed by atoms with Crippen LogP contribution in [0.15, 0.2) is 34.4 Å². The molecule has 5 nitrogen and oxygen atoms in total. The molecule has 0 saturated heterocycles. The number of pyridine rings is 1. The maximum Gasteiger partial charge on any atom is 0.338 e. The molecule has 0 unspecified atom stereocenters. The molecule has 0 radical (unpaired) electrons. The van der Waals surface area contributed by atoms with Crippen molar-refractivity contribution in [1.29, 1.82) is 0 Å². The first-order valence-corrected chi connectivity index (χ1v) is 5.13. The van der Waals surface area contributed by atoms with E-state index in [1.165, 1.54) is 6.20 Å². The zero-order valence-electron chi connectivity index (χ0n) is 8.35. The fourth-order valence-corrected chi connectivity index (χ4v) is 1.82. The molecule has 1 aliphatic rings. The lowest BCUT2D eigenvalue weighted by molar-refractivity contribution is -0.135.